The molecule has 1 aliphatic carbocycles. The van der Waals surface area contributed by atoms with Crippen LogP contribution in [0.1, 0.15) is 13.8 Å². The van der Waals surface area contributed by atoms with Gasteiger partial charge in [-0.25, -0.2) is 0 Å². The summed E-state index contributed by atoms with van der Waals surface area (Å²) in [4.78, 5) is 0. The minimum atomic E-state index is -0.729. The Hall–Kier alpha value is -0.800. The molecular formula is C8H15N3. The minimum absolute atomic E-state index is 0.118. The maximum Gasteiger partial charge on any atom is 0.0897 e. The van der Waals surface area contributed by atoms with Crippen LogP contribution < -0.4 is 17.2 Å². The Morgan fingerprint density at radius 1 is 1.45 bits per heavy atom. The van der Waals surface area contributed by atoms with Crippen molar-refractivity contribution < 1.29 is 0 Å². The van der Waals surface area contributed by atoms with E-state index in [-0.39, 0.29) is 5.92 Å². The first-order valence-corrected chi connectivity index (χ1v) is 3.68. The zero-order valence-electron chi connectivity index (χ0n) is 6.96. The lowest BCUT2D eigenvalue weighted by atomic mass is 9.84. The van der Waals surface area contributed by atoms with E-state index < -0.39 is 5.66 Å². The predicted octanol–water partition coefficient (Wildman–Crippen LogP) is 0.0387. The third kappa shape index (κ3) is 1.29. The van der Waals surface area contributed by atoms with Crippen molar-refractivity contribution in [3.05, 3.63) is 23.4 Å². The molecule has 0 aliphatic heterocycles. The molecule has 11 heavy (non-hydrogen) atoms. The van der Waals surface area contributed by atoms with E-state index >= 15 is 0 Å². The first-order valence-electron chi connectivity index (χ1n) is 3.68. The molecule has 0 fully saturated rings. The van der Waals surface area contributed by atoms with Gasteiger partial charge in [0, 0.05) is 11.6 Å². The normalized spacial score (nSPS) is 29.3. The van der Waals surface area contributed by atoms with Gasteiger partial charge in [0.25, 0.3) is 0 Å². The molecular weight excluding hydrogens is 138 g/mol. The van der Waals surface area contributed by atoms with E-state index in [2.05, 4.69) is 0 Å². The molecule has 0 amide bonds. The van der Waals surface area contributed by atoms with E-state index in [0.717, 1.165) is 11.3 Å². The van der Waals surface area contributed by atoms with Crippen molar-refractivity contribution in [2.24, 2.45) is 23.1 Å². The summed E-state index contributed by atoms with van der Waals surface area (Å²) in [5.41, 5.74) is 18.3. The van der Waals surface area contributed by atoms with E-state index in [1.54, 1.807) is 12.2 Å². The third-order valence-electron chi connectivity index (χ3n) is 2.41. The Morgan fingerprint density at radius 2 is 2.00 bits per heavy atom. The summed E-state index contributed by atoms with van der Waals surface area (Å²) < 4.78 is 0. The maximum absolute atomic E-state index is 5.78. The van der Waals surface area contributed by atoms with Crippen LogP contribution in [0.2, 0.25) is 0 Å². The van der Waals surface area contributed by atoms with Crippen molar-refractivity contribution >= 4 is 0 Å². The number of allylic oxidation sites excluding steroid dienone is 1. The molecule has 3 nitrogen and oxygen atoms in total. The summed E-state index contributed by atoms with van der Waals surface area (Å²) in [6, 6.07) is 0. The second-order valence-corrected chi connectivity index (χ2v) is 3.19. The highest BCUT2D eigenvalue weighted by molar-refractivity contribution is 5.33. The van der Waals surface area contributed by atoms with Gasteiger partial charge < -0.3 is 17.2 Å². The van der Waals surface area contributed by atoms with Gasteiger partial charge in [-0.2, -0.15) is 0 Å². The molecule has 0 heterocycles. The smallest absolute Gasteiger partial charge is 0.0897 e. The highest BCUT2D eigenvalue weighted by Gasteiger charge is 2.28. The fourth-order valence-electron chi connectivity index (χ4n) is 1.13. The molecule has 62 valence electrons. The molecule has 1 rings (SSSR count). The Labute approximate surface area is 66.9 Å². The van der Waals surface area contributed by atoms with E-state index in [9.17, 15) is 0 Å². The highest BCUT2D eigenvalue weighted by Crippen LogP contribution is 2.25. The molecule has 0 aromatic heterocycles. The van der Waals surface area contributed by atoms with E-state index in [1.807, 2.05) is 13.8 Å². The Morgan fingerprint density at radius 3 is 2.45 bits per heavy atom. The first-order chi connectivity index (χ1) is 4.95. The quantitative estimate of drug-likeness (QED) is 0.430. The van der Waals surface area contributed by atoms with Gasteiger partial charge in [-0.15, -0.1) is 0 Å². The van der Waals surface area contributed by atoms with E-state index in [4.69, 9.17) is 17.2 Å². The molecule has 1 aliphatic rings. The van der Waals surface area contributed by atoms with Crippen molar-refractivity contribution in [3.63, 3.8) is 0 Å². The van der Waals surface area contributed by atoms with Crippen LogP contribution in [0.15, 0.2) is 23.4 Å². The lowest BCUT2D eigenvalue weighted by Gasteiger charge is -2.32. The van der Waals surface area contributed by atoms with Crippen molar-refractivity contribution in [2.75, 3.05) is 0 Å². The Bertz CT molecular complexity index is 225. The van der Waals surface area contributed by atoms with Crippen LogP contribution in [-0.2, 0) is 0 Å². The average molecular weight is 153 g/mol. The molecule has 6 N–H and O–H groups in total. The third-order valence-corrected chi connectivity index (χ3v) is 2.41. The first kappa shape index (κ1) is 8.30. The average Bonchev–Trinajstić information content (AvgIpc) is 1.95. The van der Waals surface area contributed by atoms with Crippen molar-refractivity contribution in [3.8, 4) is 0 Å². The summed E-state index contributed by atoms with van der Waals surface area (Å²) in [7, 11) is 0. The molecule has 0 aromatic carbocycles. The predicted molar refractivity (Wildman–Crippen MR) is 46.3 cm³/mol. The molecule has 1 unspecified atom stereocenters. The number of hydrogen-bond acceptors (Lipinski definition) is 3. The lowest BCUT2D eigenvalue weighted by Crippen LogP contribution is -2.54. The van der Waals surface area contributed by atoms with Crippen LogP contribution in [-0.4, -0.2) is 5.66 Å². The lowest BCUT2D eigenvalue weighted by molar-refractivity contribution is 0.409. The molecule has 0 radical (unpaired) electrons. The number of hydrogen-bond donors (Lipinski definition) is 3. The summed E-state index contributed by atoms with van der Waals surface area (Å²) in [6.07, 6.45) is 3.52. The molecule has 0 saturated carbocycles. The molecule has 0 aromatic rings. The van der Waals surface area contributed by atoms with Gasteiger partial charge in [-0.3, -0.25) is 0 Å². The van der Waals surface area contributed by atoms with Crippen LogP contribution in [0, 0.1) is 5.92 Å². The largest absolute Gasteiger partial charge is 0.399 e. The number of nitrogens with two attached hydrogens (primary N) is 3. The summed E-state index contributed by atoms with van der Waals surface area (Å²) in [6.45, 7) is 3.93. The topological polar surface area (TPSA) is 78.1 Å². The van der Waals surface area contributed by atoms with Gasteiger partial charge in [0.05, 0.1) is 5.66 Å². The van der Waals surface area contributed by atoms with Crippen molar-refractivity contribution in [2.45, 2.75) is 19.5 Å². The Kier molecular flexibility index (Phi) is 1.78. The zero-order chi connectivity index (χ0) is 8.65. The molecule has 3 heteroatoms. The second kappa shape index (κ2) is 2.36. The van der Waals surface area contributed by atoms with Gasteiger partial charge in [-0.05, 0) is 24.6 Å². The van der Waals surface area contributed by atoms with Crippen molar-refractivity contribution in [1.29, 1.82) is 0 Å². The summed E-state index contributed by atoms with van der Waals surface area (Å²) in [5.74, 6) is 0.118. The van der Waals surface area contributed by atoms with Crippen LogP contribution in [0.25, 0.3) is 0 Å². The van der Waals surface area contributed by atoms with Gasteiger partial charge in [0.2, 0.25) is 0 Å². The van der Waals surface area contributed by atoms with E-state index in [1.165, 1.54) is 0 Å². The molecule has 0 bridgehead atoms. The van der Waals surface area contributed by atoms with Crippen molar-refractivity contribution in [1.82, 2.24) is 0 Å². The fourth-order valence-corrected chi connectivity index (χ4v) is 1.13. The molecule has 0 spiro atoms. The highest BCUT2D eigenvalue weighted by atomic mass is 15.0. The summed E-state index contributed by atoms with van der Waals surface area (Å²) >= 11 is 0. The monoisotopic (exact) mass is 153 g/mol. The van der Waals surface area contributed by atoms with Gasteiger partial charge in [0.1, 0.15) is 0 Å². The summed E-state index contributed by atoms with van der Waals surface area (Å²) in [5, 5.41) is 0. The fraction of sp³-hybridized carbons (Fsp3) is 0.500. The number of rotatable bonds is 0. The molecule has 1 atom stereocenters. The van der Waals surface area contributed by atoms with E-state index in [0.29, 0.717) is 0 Å². The zero-order valence-corrected chi connectivity index (χ0v) is 6.96. The Balaban J connectivity index is 3.01. The minimum Gasteiger partial charge on any atom is -0.399 e. The standard InChI is InChI=1S/C8H15N3/c1-5-6(2)8(10,11)4-3-7(5)9/h3-4,6H,9-11H2,1-2H3. The van der Waals surface area contributed by atoms with Crippen LogP contribution >= 0.6 is 0 Å². The van der Waals surface area contributed by atoms with Gasteiger partial charge in [-0.1, -0.05) is 6.92 Å². The second-order valence-electron chi connectivity index (χ2n) is 3.19. The maximum atomic E-state index is 5.78. The van der Waals surface area contributed by atoms with Crippen LogP contribution in [0.3, 0.4) is 0 Å². The van der Waals surface area contributed by atoms with Gasteiger partial charge in [0.15, 0.2) is 0 Å². The molecule has 0 saturated heterocycles. The van der Waals surface area contributed by atoms with Crippen LogP contribution in [0.5, 0.6) is 0 Å². The van der Waals surface area contributed by atoms with Gasteiger partial charge >= 0.3 is 0 Å². The SMILES string of the molecule is CC1=C(N)C=CC(N)(N)C1C. The van der Waals surface area contributed by atoms with Crippen LogP contribution in [0.4, 0.5) is 0 Å².